The van der Waals surface area contributed by atoms with Gasteiger partial charge in [0.1, 0.15) is 17.7 Å². The van der Waals surface area contributed by atoms with E-state index in [1.807, 2.05) is 0 Å². The molecule has 1 amide bonds. The minimum atomic E-state index is -1.11. The number of hydrogen-bond acceptors (Lipinski definition) is 4. The van der Waals surface area contributed by atoms with E-state index in [1.165, 1.54) is 12.1 Å². The van der Waals surface area contributed by atoms with Crippen LogP contribution >= 0.6 is 0 Å². The number of pyridine rings is 1. The van der Waals surface area contributed by atoms with E-state index in [2.05, 4.69) is 0 Å². The third kappa shape index (κ3) is 2.33. The van der Waals surface area contributed by atoms with Gasteiger partial charge in [0.25, 0.3) is 11.5 Å². The Bertz CT molecular complexity index is 920. The van der Waals surface area contributed by atoms with Crippen LogP contribution < -0.4 is 17.0 Å². The van der Waals surface area contributed by atoms with Gasteiger partial charge in [-0.05, 0) is 38.0 Å². The number of carbonyl (C=O) groups is 1. The predicted octanol–water partition coefficient (Wildman–Crippen LogP) is 1.67. The van der Waals surface area contributed by atoms with Gasteiger partial charge in [0.2, 0.25) is 0 Å². The maximum absolute atomic E-state index is 13.5. The molecular formula is C17H18FN3O3. The van der Waals surface area contributed by atoms with E-state index in [0.29, 0.717) is 16.8 Å². The molecule has 0 saturated heterocycles. The number of primary amides is 1. The number of anilines is 1. The Morgan fingerprint density at radius 3 is 2.54 bits per heavy atom. The van der Waals surface area contributed by atoms with Crippen LogP contribution in [0.4, 0.5) is 10.2 Å². The number of aromatic nitrogens is 1. The molecule has 1 heterocycles. The molecule has 24 heavy (non-hydrogen) atoms. The third-order valence-electron chi connectivity index (χ3n) is 4.47. The van der Waals surface area contributed by atoms with Gasteiger partial charge >= 0.3 is 0 Å². The lowest BCUT2D eigenvalue weighted by Gasteiger charge is -2.19. The zero-order chi connectivity index (χ0) is 17.8. The van der Waals surface area contributed by atoms with Crippen molar-refractivity contribution in [2.45, 2.75) is 32.4 Å². The van der Waals surface area contributed by atoms with Crippen molar-refractivity contribution in [2.24, 2.45) is 5.73 Å². The fourth-order valence-corrected chi connectivity index (χ4v) is 2.99. The predicted molar refractivity (Wildman–Crippen MR) is 88.4 cm³/mol. The first-order valence-electron chi connectivity index (χ1n) is 7.52. The molecule has 5 N–H and O–H groups in total. The van der Waals surface area contributed by atoms with Crippen molar-refractivity contribution in [1.82, 2.24) is 4.57 Å². The first kappa shape index (κ1) is 16.0. The number of amides is 1. The molecule has 1 aliphatic carbocycles. The molecule has 0 aliphatic heterocycles. The number of aryl methyl sites for hydroxylation is 1. The van der Waals surface area contributed by atoms with Crippen LogP contribution in [-0.4, -0.2) is 21.8 Å². The molecule has 6 nitrogen and oxygen atoms in total. The molecule has 1 aromatic carbocycles. The number of rotatable bonds is 3. The van der Waals surface area contributed by atoms with E-state index >= 15 is 0 Å². The number of hydrogen-bond donors (Lipinski definition) is 3. The molecule has 1 aliphatic rings. The van der Waals surface area contributed by atoms with Crippen molar-refractivity contribution in [3.63, 3.8) is 0 Å². The van der Waals surface area contributed by atoms with E-state index in [9.17, 15) is 19.1 Å². The van der Waals surface area contributed by atoms with Crippen molar-refractivity contribution in [3.8, 4) is 11.4 Å². The van der Waals surface area contributed by atoms with Gasteiger partial charge in [0, 0.05) is 17.0 Å². The van der Waals surface area contributed by atoms with Crippen LogP contribution in [-0.2, 0) is 0 Å². The van der Waals surface area contributed by atoms with E-state index in [-0.39, 0.29) is 29.1 Å². The van der Waals surface area contributed by atoms with E-state index in [1.54, 1.807) is 19.9 Å². The summed E-state index contributed by atoms with van der Waals surface area (Å²) in [5.74, 6) is -1.48. The first-order valence-corrected chi connectivity index (χ1v) is 7.52. The molecule has 2 aromatic rings. The van der Waals surface area contributed by atoms with Gasteiger partial charge in [-0.3, -0.25) is 14.2 Å². The molecule has 1 saturated carbocycles. The molecule has 3 rings (SSSR count). The van der Waals surface area contributed by atoms with Gasteiger partial charge in [-0.1, -0.05) is 6.07 Å². The zero-order valence-electron chi connectivity index (χ0n) is 13.3. The maximum atomic E-state index is 13.5. The Kier molecular flexibility index (Phi) is 3.59. The fourth-order valence-electron chi connectivity index (χ4n) is 2.99. The van der Waals surface area contributed by atoms with Gasteiger partial charge in [0.05, 0.1) is 11.3 Å². The Morgan fingerprint density at radius 1 is 1.38 bits per heavy atom. The summed E-state index contributed by atoms with van der Waals surface area (Å²) < 4.78 is 14.6. The molecule has 0 spiro atoms. The van der Waals surface area contributed by atoms with Crippen LogP contribution in [0.1, 0.15) is 39.4 Å². The van der Waals surface area contributed by atoms with Crippen molar-refractivity contribution in [3.05, 3.63) is 50.8 Å². The number of carbonyl (C=O) groups excluding carboxylic acids is 1. The average Bonchev–Trinajstić information content (AvgIpc) is 3.23. The topological polar surface area (TPSA) is 111 Å². The van der Waals surface area contributed by atoms with Crippen LogP contribution in [0, 0.1) is 13.8 Å². The Morgan fingerprint density at radius 2 is 2.00 bits per heavy atom. The van der Waals surface area contributed by atoms with Crippen LogP contribution in [0.5, 0.6) is 5.75 Å². The lowest BCUT2D eigenvalue weighted by Crippen LogP contribution is -2.29. The largest absolute Gasteiger partial charge is 0.508 e. The number of benzene rings is 1. The van der Waals surface area contributed by atoms with Crippen LogP contribution in [0.2, 0.25) is 0 Å². The molecular weight excluding hydrogens is 313 g/mol. The van der Waals surface area contributed by atoms with Crippen molar-refractivity contribution in [1.29, 1.82) is 0 Å². The number of nitrogens with two attached hydrogens (primary N) is 2. The Labute approximate surface area is 137 Å². The summed E-state index contributed by atoms with van der Waals surface area (Å²) in [6, 6.07) is 4.43. The van der Waals surface area contributed by atoms with Crippen molar-refractivity contribution in [2.75, 3.05) is 5.73 Å². The SMILES string of the molecule is Cc1ccc(O)c(C)c1-n1c(N)c(C(N)=O)cc(C2CC2F)c1=O. The normalized spacial score (nSPS) is 19.3. The lowest BCUT2D eigenvalue weighted by molar-refractivity contribution is 0.100. The number of alkyl halides is 1. The van der Waals surface area contributed by atoms with Gasteiger partial charge in [-0.25, -0.2) is 4.39 Å². The number of nitrogen functional groups attached to an aromatic ring is 1. The number of phenols is 1. The van der Waals surface area contributed by atoms with Gasteiger partial charge in [-0.15, -0.1) is 0 Å². The summed E-state index contributed by atoms with van der Waals surface area (Å²) in [5, 5.41) is 9.97. The molecule has 2 atom stereocenters. The first-order chi connectivity index (χ1) is 11.2. The van der Waals surface area contributed by atoms with Crippen LogP contribution in [0.25, 0.3) is 5.69 Å². The molecule has 7 heteroatoms. The number of nitrogens with zero attached hydrogens (tertiary/aromatic N) is 1. The standard InChI is InChI=1S/C17H18FN3O3/c1-7-3-4-13(22)8(2)14(7)21-15(19)11(16(20)23)5-10(17(21)24)9-6-12(9)18/h3-5,9,12,22H,6,19H2,1-2H3,(H2,20,23). The van der Waals surface area contributed by atoms with E-state index < -0.39 is 23.6 Å². The maximum Gasteiger partial charge on any atom is 0.260 e. The summed E-state index contributed by atoms with van der Waals surface area (Å²) in [5.41, 5.74) is 12.5. The second kappa shape index (κ2) is 5.36. The molecule has 1 fully saturated rings. The molecule has 2 unspecified atom stereocenters. The minimum Gasteiger partial charge on any atom is -0.508 e. The highest BCUT2D eigenvalue weighted by atomic mass is 19.1. The highest BCUT2D eigenvalue weighted by Crippen LogP contribution is 2.43. The monoisotopic (exact) mass is 331 g/mol. The van der Waals surface area contributed by atoms with Crippen LogP contribution in [0.15, 0.2) is 23.0 Å². The molecule has 1 aromatic heterocycles. The summed E-state index contributed by atoms with van der Waals surface area (Å²) in [7, 11) is 0. The third-order valence-corrected chi connectivity index (χ3v) is 4.47. The minimum absolute atomic E-state index is 0.0114. The van der Waals surface area contributed by atoms with Gasteiger partial charge in [-0.2, -0.15) is 0 Å². The lowest BCUT2D eigenvalue weighted by atomic mass is 10.0. The summed E-state index contributed by atoms with van der Waals surface area (Å²) >= 11 is 0. The smallest absolute Gasteiger partial charge is 0.260 e. The zero-order valence-corrected chi connectivity index (χ0v) is 13.3. The highest BCUT2D eigenvalue weighted by Gasteiger charge is 2.41. The molecule has 0 bridgehead atoms. The van der Waals surface area contributed by atoms with Crippen LogP contribution in [0.3, 0.4) is 0 Å². The summed E-state index contributed by atoms with van der Waals surface area (Å²) in [6.07, 6.45) is -0.878. The van der Waals surface area contributed by atoms with Crippen molar-refractivity contribution < 1.29 is 14.3 Å². The van der Waals surface area contributed by atoms with Gasteiger partial charge < -0.3 is 16.6 Å². The van der Waals surface area contributed by atoms with E-state index in [4.69, 9.17) is 11.5 Å². The van der Waals surface area contributed by atoms with E-state index in [0.717, 1.165) is 4.57 Å². The number of phenolic OH excluding ortho intramolecular Hbond substituents is 1. The Hall–Kier alpha value is -2.83. The summed E-state index contributed by atoms with van der Waals surface area (Å²) in [6.45, 7) is 3.38. The average molecular weight is 331 g/mol. The van der Waals surface area contributed by atoms with Gasteiger partial charge in [0.15, 0.2) is 0 Å². The number of halogens is 1. The van der Waals surface area contributed by atoms with Crippen molar-refractivity contribution >= 4 is 11.7 Å². The molecule has 0 radical (unpaired) electrons. The highest BCUT2D eigenvalue weighted by molar-refractivity contribution is 5.97. The summed E-state index contributed by atoms with van der Waals surface area (Å²) in [4.78, 5) is 24.6. The second-order valence-electron chi connectivity index (χ2n) is 6.14. The number of aromatic hydroxyl groups is 1. The second-order valence-corrected chi connectivity index (χ2v) is 6.14. The fraction of sp³-hybridized carbons (Fsp3) is 0.294. The molecule has 126 valence electrons. The Balaban J connectivity index is 2.40. The quantitative estimate of drug-likeness (QED) is 0.794.